The van der Waals surface area contributed by atoms with E-state index in [2.05, 4.69) is 10.7 Å². The molecule has 3 rings (SSSR count). The largest absolute Gasteiger partial charge is 0.416 e. The van der Waals surface area contributed by atoms with Crippen LogP contribution < -0.4 is 15.8 Å². The Morgan fingerprint density at radius 1 is 0.963 bits per heavy atom. The Hall–Kier alpha value is -3.36. The molecule has 140 valence electrons. The van der Waals surface area contributed by atoms with Gasteiger partial charge in [0.1, 0.15) is 0 Å². The molecule has 0 atom stereocenters. The highest BCUT2D eigenvalue weighted by molar-refractivity contribution is 6.05. The third kappa shape index (κ3) is 4.25. The molecule has 6 nitrogen and oxygen atoms in total. The van der Waals surface area contributed by atoms with Crippen molar-refractivity contribution in [2.24, 2.45) is 0 Å². The smallest absolute Gasteiger partial charge is 0.322 e. The second-order valence-electron chi connectivity index (χ2n) is 5.84. The lowest BCUT2D eigenvalue weighted by molar-refractivity contribution is -0.137. The summed E-state index contributed by atoms with van der Waals surface area (Å²) in [6.07, 6.45) is -4.22. The number of carbonyl (C=O) groups is 3. The van der Waals surface area contributed by atoms with E-state index in [9.17, 15) is 27.6 Å². The van der Waals surface area contributed by atoms with Crippen molar-refractivity contribution in [3.05, 3.63) is 59.7 Å². The molecule has 0 radical (unpaired) electrons. The van der Waals surface area contributed by atoms with Crippen molar-refractivity contribution in [2.45, 2.75) is 19.0 Å². The van der Waals surface area contributed by atoms with Crippen molar-refractivity contribution < 1.29 is 27.6 Å². The molecule has 1 heterocycles. The van der Waals surface area contributed by atoms with Gasteiger partial charge >= 0.3 is 6.18 Å². The average molecular weight is 377 g/mol. The van der Waals surface area contributed by atoms with Gasteiger partial charge in [-0.2, -0.15) is 13.2 Å². The fourth-order valence-corrected chi connectivity index (χ4v) is 2.49. The third-order valence-electron chi connectivity index (χ3n) is 3.91. The van der Waals surface area contributed by atoms with Gasteiger partial charge in [0.2, 0.25) is 11.8 Å². The second-order valence-corrected chi connectivity index (χ2v) is 5.84. The molecule has 9 heteroatoms. The molecule has 0 bridgehead atoms. The van der Waals surface area contributed by atoms with Gasteiger partial charge in [-0.3, -0.25) is 19.8 Å². The first-order chi connectivity index (χ1) is 12.7. The van der Waals surface area contributed by atoms with Gasteiger partial charge in [0.25, 0.3) is 5.91 Å². The Labute approximate surface area is 151 Å². The number of hydrogen-bond acceptors (Lipinski definition) is 3. The Kier molecular flexibility index (Phi) is 4.85. The van der Waals surface area contributed by atoms with E-state index >= 15 is 0 Å². The van der Waals surface area contributed by atoms with E-state index in [1.54, 1.807) is 0 Å². The quantitative estimate of drug-likeness (QED) is 0.863. The molecule has 0 spiro atoms. The zero-order valence-electron chi connectivity index (χ0n) is 13.8. The predicted octanol–water partition coefficient (Wildman–Crippen LogP) is 3.12. The van der Waals surface area contributed by atoms with Gasteiger partial charge in [-0.1, -0.05) is 0 Å². The fraction of sp³-hybridized carbons (Fsp3) is 0.167. The molecule has 0 aromatic heterocycles. The maximum atomic E-state index is 12.5. The minimum atomic E-state index is -4.44. The van der Waals surface area contributed by atoms with E-state index in [-0.39, 0.29) is 35.9 Å². The number of benzene rings is 2. The third-order valence-corrected chi connectivity index (χ3v) is 3.91. The van der Waals surface area contributed by atoms with Gasteiger partial charge in [-0.25, -0.2) is 5.01 Å². The predicted molar refractivity (Wildman–Crippen MR) is 90.7 cm³/mol. The molecular formula is C18H14F3N3O3. The Bertz CT molecular complexity index is 877. The monoisotopic (exact) mass is 377 g/mol. The zero-order chi connectivity index (χ0) is 19.6. The number of hydrazine groups is 1. The molecule has 1 saturated heterocycles. The molecule has 3 amide bonds. The average Bonchev–Trinajstić information content (AvgIpc) is 2.63. The number of anilines is 2. The molecule has 1 aliphatic rings. The maximum absolute atomic E-state index is 12.5. The lowest BCUT2D eigenvalue weighted by Gasteiger charge is -2.27. The molecule has 27 heavy (non-hydrogen) atoms. The van der Waals surface area contributed by atoms with Gasteiger partial charge in [0.15, 0.2) is 0 Å². The van der Waals surface area contributed by atoms with E-state index in [0.29, 0.717) is 5.69 Å². The number of amides is 3. The molecule has 2 N–H and O–H groups in total. The van der Waals surface area contributed by atoms with E-state index in [1.807, 2.05) is 0 Å². The second kappa shape index (κ2) is 7.10. The lowest BCUT2D eigenvalue weighted by atomic mass is 10.1. The van der Waals surface area contributed by atoms with Crippen molar-refractivity contribution in [1.82, 2.24) is 5.43 Å². The van der Waals surface area contributed by atoms with Crippen LogP contribution in [-0.2, 0) is 15.8 Å². The minimum absolute atomic E-state index is 0.0992. The van der Waals surface area contributed by atoms with Crippen LogP contribution in [-0.4, -0.2) is 17.7 Å². The summed E-state index contributed by atoms with van der Waals surface area (Å²) in [7, 11) is 0. The number of nitrogens with zero attached hydrogens (tertiary/aromatic N) is 1. The first kappa shape index (κ1) is 18.4. The number of carbonyl (C=O) groups excluding carboxylic acids is 3. The van der Waals surface area contributed by atoms with Gasteiger partial charge in [0.05, 0.1) is 11.3 Å². The molecule has 0 saturated carbocycles. The Morgan fingerprint density at radius 3 is 2.19 bits per heavy atom. The number of hydrogen-bond donors (Lipinski definition) is 2. The summed E-state index contributed by atoms with van der Waals surface area (Å²) in [5, 5.41) is 3.61. The summed E-state index contributed by atoms with van der Waals surface area (Å²) in [5.41, 5.74) is 2.50. The molecule has 0 aliphatic carbocycles. The van der Waals surface area contributed by atoms with Crippen LogP contribution in [0.1, 0.15) is 28.8 Å². The van der Waals surface area contributed by atoms with Crippen molar-refractivity contribution >= 4 is 29.1 Å². The fourth-order valence-electron chi connectivity index (χ4n) is 2.49. The summed E-state index contributed by atoms with van der Waals surface area (Å²) in [4.78, 5) is 35.5. The highest BCUT2D eigenvalue weighted by Gasteiger charge is 2.30. The molecule has 1 fully saturated rings. The van der Waals surface area contributed by atoms with Gasteiger partial charge in [0, 0.05) is 24.1 Å². The zero-order valence-corrected chi connectivity index (χ0v) is 13.8. The molecule has 1 aliphatic heterocycles. The lowest BCUT2D eigenvalue weighted by Crippen LogP contribution is -2.50. The molecule has 2 aromatic rings. The van der Waals surface area contributed by atoms with Gasteiger partial charge in [-0.15, -0.1) is 0 Å². The van der Waals surface area contributed by atoms with Crippen LogP contribution in [0.4, 0.5) is 24.5 Å². The first-order valence-electron chi connectivity index (χ1n) is 7.95. The van der Waals surface area contributed by atoms with Crippen LogP contribution in [0, 0.1) is 0 Å². The van der Waals surface area contributed by atoms with Crippen molar-refractivity contribution in [3.8, 4) is 0 Å². The van der Waals surface area contributed by atoms with Crippen LogP contribution in [0.15, 0.2) is 48.5 Å². The number of alkyl halides is 3. The van der Waals surface area contributed by atoms with E-state index in [1.165, 1.54) is 24.3 Å². The number of halogens is 3. The van der Waals surface area contributed by atoms with Crippen molar-refractivity contribution in [1.29, 1.82) is 0 Å². The Balaban J connectivity index is 1.69. The van der Waals surface area contributed by atoms with E-state index in [0.717, 1.165) is 29.3 Å². The number of nitrogens with one attached hydrogen (secondary N) is 2. The topological polar surface area (TPSA) is 78.5 Å². The molecule has 0 unspecified atom stereocenters. The van der Waals surface area contributed by atoms with Gasteiger partial charge in [-0.05, 0) is 48.5 Å². The van der Waals surface area contributed by atoms with Crippen molar-refractivity contribution in [3.63, 3.8) is 0 Å². The molecule has 2 aromatic carbocycles. The SMILES string of the molecule is O=C1CCC(=O)N(c2ccc(C(=O)Nc3ccc(C(F)(F)F)cc3)cc2)N1. The Morgan fingerprint density at radius 2 is 1.59 bits per heavy atom. The van der Waals surface area contributed by atoms with Crippen LogP contribution in [0.25, 0.3) is 0 Å². The maximum Gasteiger partial charge on any atom is 0.416 e. The summed E-state index contributed by atoms with van der Waals surface area (Å²) < 4.78 is 37.6. The summed E-state index contributed by atoms with van der Waals surface area (Å²) in [6.45, 7) is 0. The first-order valence-corrected chi connectivity index (χ1v) is 7.95. The summed E-state index contributed by atoms with van der Waals surface area (Å²) in [5.74, 6) is -1.06. The van der Waals surface area contributed by atoms with E-state index < -0.39 is 17.6 Å². The van der Waals surface area contributed by atoms with Crippen LogP contribution in [0.3, 0.4) is 0 Å². The van der Waals surface area contributed by atoms with Crippen LogP contribution >= 0.6 is 0 Å². The van der Waals surface area contributed by atoms with Gasteiger partial charge < -0.3 is 5.32 Å². The van der Waals surface area contributed by atoms with Crippen LogP contribution in [0.5, 0.6) is 0 Å². The van der Waals surface area contributed by atoms with Crippen molar-refractivity contribution in [2.75, 3.05) is 10.3 Å². The number of rotatable bonds is 3. The van der Waals surface area contributed by atoms with E-state index in [4.69, 9.17) is 0 Å². The summed E-state index contributed by atoms with van der Waals surface area (Å²) >= 11 is 0. The summed E-state index contributed by atoms with van der Waals surface area (Å²) in [6, 6.07) is 9.96. The van der Waals surface area contributed by atoms with Crippen LogP contribution in [0.2, 0.25) is 0 Å². The standard InChI is InChI=1S/C18H14F3N3O3/c19-18(20,21)12-3-5-13(6-4-12)22-17(27)11-1-7-14(8-2-11)24-16(26)10-9-15(25)23-24/h1-8H,9-10H2,(H,22,27)(H,23,25). The highest BCUT2D eigenvalue weighted by atomic mass is 19.4. The normalized spacial score (nSPS) is 14.7. The highest BCUT2D eigenvalue weighted by Crippen LogP contribution is 2.30. The minimum Gasteiger partial charge on any atom is -0.322 e. The molecular weight excluding hydrogens is 363 g/mol.